The van der Waals surface area contributed by atoms with Crippen molar-refractivity contribution >= 4 is 22.8 Å². The summed E-state index contributed by atoms with van der Waals surface area (Å²) in [5.41, 5.74) is 7.70. The Kier molecular flexibility index (Phi) is 6.43. The summed E-state index contributed by atoms with van der Waals surface area (Å²) in [5, 5.41) is 5.37. The number of benzene rings is 1. The Bertz CT molecular complexity index is 1350. The van der Waals surface area contributed by atoms with Crippen molar-refractivity contribution in [3.8, 4) is 17.0 Å². The number of allylic oxidation sites excluding steroid dienone is 1. The van der Waals surface area contributed by atoms with Crippen LogP contribution in [0, 0.1) is 17.8 Å². The Morgan fingerprint density at radius 3 is 2.80 bits per heavy atom. The minimum absolute atomic E-state index is 0.0902. The summed E-state index contributed by atoms with van der Waals surface area (Å²) in [6, 6.07) is 4.30. The van der Waals surface area contributed by atoms with Gasteiger partial charge in [0.1, 0.15) is 17.8 Å². The lowest BCUT2D eigenvalue weighted by Gasteiger charge is -2.33. The lowest BCUT2D eigenvalue weighted by Crippen LogP contribution is -2.41. The Hall–Kier alpha value is -4.00. The molecule has 9 nitrogen and oxygen atoms in total. The molecule has 1 amide bonds. The molecule has 0 radical (unpaired) electrons. The number of piperidine rings is 1. The van der Waals surface area contributed by atoms with Gasteiger partial charge in [-0.25, -0.2) is 23.9 Å². The molecule has 0 unspecified atom stereocenters. The highest BCUT2D eigenvalue weighted by molar-refractivity contribution is 5.98. The number of amides is 1. The third kappa shape index (κ3) is 4.80. The Morgan fingerprint density at radius 2 is 2.11 bits per heavy atom. The SMILES string of the molecule is [C-]#[N+]/C(=C\C(C)(C)C)C(=O)N1CCC[C@@H](n2nc(-c3ccc(F)c(OC)c3)c3c(N)ncnc32)C1. The molecule has 4 rings (SSSR count). The van der Waals surface area contributed by atoms with Crippen LogP contribution in [-0.4, -0.2) is 50.8 Å². The number of halogens is 1. The first-order valence-corrected chi connectivity index (χ1v) is 11.3. The monoisotopic (exact) mass is 477 g/mol. The zero-order valence-corrected chi connectivity index (χ0v) is 20.2. The molecule has 1 aromatic carbocycles. The predicted octanol–water partition coefficient (Wildman–Crippen LogP) is 4.24. The van der Waals surface area contributed by atoms with E-state index in [-0.39, 0.29) is 34.6 Å². The number of rotatable bonds is 4. The zero-order chi connectivity index (χ0) is 25.3. The van der Waals surface area contributed by atoms with Gasteiger partial charge in [0, 0.05) is 18.7 Å². The molecule has 1 fully saturated rings. The number of carbonyl (C=O) groups excluding carboxylic acids is 1. The van der Waals surface area contributed by atoms with Crippen molar-refractivity contribution in [1.29, 1.82) is 0 Å². The zero-order valence-electron chi connectivity index (χ0n) is 20.2. The number of nitrogens with zero attached hydrogens (tertiary/aromatic N) is 6. The number of ether oxygens (including phenoxy) is 1. The summed E-state index contributed by atoms with van der Waals surface area (Å²) in [6.45, 7) is 14.3. The summed E-state index contributed by atoms with van der Waals surface area (Å²) < 4.78 is 20.9. The molecule has 1 atom stereocenters. The minimum atomic E-state index is -0.482. The average Bonchev–Trinajstić information content (AvgIpc) is 3.23. The molecule has 35 heavy (non-hydrogen) atoms. The molecule has 182 valence electrons. The fraction of sp³-hybridized carbons (Fsp3) is 0.400. The van der Waals surface area contributed by atoms with Crippen molar-refractivity contribution in [2.75, 3.05) is 25.9 Å². The normalized spacial score (nSPS) is 16.9. The van der Waals surface area contributed by atoms with Gasteiger partial charge in [0.05, 0.1) is 25.1 Å². The topological polar surface area (TPSA) is 104 Å². The van der Waals surface area contributed by atoms with E-state index in [0.29, 0.717) is 35.4 Å². The number of carbonyl (C=O) groups is 1. The number of hydrogen-bond acceptors (Lipinski definition) is 6. The molecule has 3 heterocycles. The van der Waals surface area contributed by atoms with Crippen molar-refractivity contribution in [1.82, 2.24) is 24.6 Å². The lowest BCUT2D eigenvalue weighted by atomic mass is 9.95. The van der Waals surface area contributed by atoms with E-state index >= 15 is 0 Å². The number of likely N-dealkylation sites (tertiary alicyclic amines) is 1. The van der Waals surface area contributed by atoms with E-state index in [0.717, 1.165) is 12.8 Å². The molecule has 10 heteroatoms. The second-order valence-electron chi connectivity index (χ2n) is 9.65. The second-order valence-corrected chi connectivity index (χ2v) is 9.65. The van der Waals surface area contributed by atoms with E-state index in [1.165, 1.54) is 19.5 Å². The number of nitrogens with two attached hydrogens (primary N) is 1. The molecule has 0 spiro atoms. The van der Waals surface area contributed by atoms with Crippen LogP contribution in [0.5, 0.6) is 5.75 Å². The molecular formula is C25H28FN7O2. The van der Waals surface area contributed by atoms with E-state index in [1.54, 1.807) is 27.8 Å². The minimum Gasteiger partial charge on any atom is -0.494 e. The lowest BCUT2D eigenvalue weighted by molar-refractivity contribution is -0.128. The highest BCUT2D eigenvalue weighted by Crippen LogP contribution is 2.35. The second kappa shape index (κ2) is 9.33. The maximum absolute atomic E-state index is 14.0. The smallest absolute Gasteiger partial charge is 0.252 e. The van der Waals surface area contributed by atoms with Crippen LogP contribution in [0.3, 0.4) is 0 Å². The third-order valence-electron chi connectivity index (χ3n) is 5.88. The molecule has 1 aliphatic rings. The first-order chi connectivity index (χ1) is 16.6. The highest BCUT2D eigenvalue weighted by atomic mass is 19.1. The summed E-state index contributed by atoms with van der Waals surface area (Å²) in [4.78, 5) is 26.9. The number of aromatic nitrogens is 4. The van der Waals surface area contributed by atoms with Crippen LogP contribution in [0.4, 0.5) is 10.2 Å². The van der Waals surface area contributed by atoms with E-state index in [9.17, 15) is 9.18 Å². The first-order valence-electron chi connectivity index (χ1n) is 11.3. The van der Waals surface area contributed by atoms with Gasteiger partial charge in [-0.05, 0) is 36.5 Å². The Labute approximate surface area is 203 Å². The summed E-state index contributed by atoms with van der Waals surface area (Å²) in [5.74, 6) is -0.419. The van der Waals surface area contributed by atoms with Crippen LogP contribution in [0.2, 0.25) is 0 Å². The van der Waals surface area contributed by atoms with Gasteiger partial charge in [0.15, 0.2) is 17.2 Å². The standard InChI is InChI=1S/C25H28FN7O2/c1-25(2,3)12-18(28-4)24(34)32-10-6-7-16(13-32)33-23-20(22(27)29-14-30-23)21(31-33)15-8-9-17(26)19(11-15)35-5/h8-9,11-12,14,16H,6-7,10,13H2,1-3,5H3,(H2,27,29,30)/b18-12-/t16-/m1/s1. The predicted molar refractivity (Wildman–Crippen MR) is 131 cm³/mol. The van der Waals surface area contributed by atoms with Crippen molar-refractivity contribution in [2.45, 2.75) is 39.7 Å². The highest BCUT2D eigenvalue weighted by Gasteiger charge is 2.30. The van der Waals surface area contributed by atoms with Crippen molar-refractivity contribution in [2.24, 2.45) is 5.41 Å². The quantitative estimate of drug-likeness (QED) is 0.445. The first kappa shape index (κ1) is 24.1. The van der Waals surface area contributed by atoms with Crippen LogP contribution in [0.15, 0.2) is 36.3 Å². The molecule has 0 saturated carbocycles. The van der Waals surface area contributed by atoms with Crippen molar-refractivity contribution in [3.05, 3.63) is 53.5 Å². The van der Waals surface area contributed by atoms with Gasteiger partial charge in [-0.15, -0.1) is 0 Å². The average molecular weight is 478 g/mol. The van der Waals surface area contributed by atoms with Crippen LogP contribution in [0.25, 0.3) is 27.1 Å². The van der Waals surface area contributed by atoms with Gasteiger partial charge < -0.3 is 15.4 Å². The summed E-state index contributed by atoms with van der Waals surface area (Å²) >= 11 is 0. The maximum Gasteiger partial charge on any atom is 0.252 e. The fourth-order valence-electron chi connectivity index (χ4n) is 4.31. The van der Waals surface area contributed by atoms with Crippen LogP contribution >= 0.6 is 0 Å². The molecule has 2 N–H and O–H groups in total. The number of methoxy groups -OCH3 is 1. The van der Waals surface area contributed by atoms with Gasteiger partial charge in [-0.2, -0.15) is 5.10 Å². The number of hydrogen-bond donors (Lipinski definition) is 1. The number of fused-ring (bicyclic) bond motifs is 1. The fourth-order valence-corrected chi connectivity index (χ4v) is 4.31. The van der Waals surface area contributed by atoms with Gasteiger partial charge in [0.25, 0.3) is 5.91 Å². The van der Waals surface area contributed by atoms with Gasteiger partial charge >= 0.3 is 0 Å². The van der Waals surface area contributed by atoms with Crippen molar-refractivity contribution in [3.63, 3.8) is 0 Å². The van der Waals surface area contributed by atoms with E-state index in [2.05, 4.69) is 14.8 Å². The van der Waals surface area contributed by atoms with Crippen LogP contribution in [0.1, 0.15) is 39.7 Å². The van der Waals surface area contributed by atoms with Gasteiger partial charge in [-0.3, -0.25) is 4.79 Å². The van der Waals surface area contributed by atoms with E-state index in [1.807, 2.05) is 20.8 Å². The van der Waals surface area contributed by atoms with Gasteiger partial charge in [0.2, 0.25) is 5.70 Å². The van der Waals surface area contributed by atoms with Gasteiger partial charge in [-0.1, -0.05) is 26.8 Å². The Morgan fingerprint density at radius 1 is 1.34 bits per heavy atom. The molecule has 3 aromatic rings. The van der Waals surface area contributed by atoms with E-state index < -0.39 is 5.82 Å². The van der Waals surface area contributed by atoms with Crippen molar-refractivity contribution < 1.29 is 13.9 Å². The summed E-state index contributed by atoms with van der Waals surface area (Å²) in [6.07, 6.45) is 4.61. The number of nitrogen functional groups attached to an aromatic ring is 1. The Balaban J connectivity index is 1.74. The summed E-state index contributed by atoms with van der Waals surface area (Å²) in [7, 11) is 1.40. The largest absolute Gasteiger partial charge is 0.494 e. The molecular weight excluding hydrogens is 449 g/mol. The van der Waals surface area contributed by atoms with Crippen LogP contribution in [-0.2, 0) is 4.79 Å². The molecule has 0 aliphatic carbocycles. The molecule has 1 saturated heterocycles. The van der Waals surface area contributed by atoms with E-state index in [4.69, 9.17) is 22.1 Å². The molecule has 1 aliphatic heterocycles. The number of anilines is 1. The molecule has 2 aromatic heterocycles. The maximum atomic E-state index is 14.0. The van der Waals surface area contributed by atoms with Crippen LogP contribution < -0.4 is 10.5 Å². The third-order valence-corrected chi connectivity index (χ3v) is 5.88. The molecule has 0 bridgehead atoms.